The number of halogens is 1. The highest BCUT2D eigenvalue weighted by molar-refractivity contribution is 6.30. The van der Waals surface area contributed by atoms with Crippen LogP contribution in [0.3, 0.4) is 0 Å². The smallest absolute Gasteiger partial charge is 0.258 e. The van der Waals surface area contributed by atoms with Crippen molar-refractivity contribution in [3.8, 4) is 6.07 Å². The van der Waals surface area contributed by atoms with Crippen molar-refractivity contribution in [3.05, 3.63) is 69.2 Å². The fourth-order valence-corrected chi connectivity index (χ4v) is 1.75. The van der Waals surface area contributed by atoms with Crippen molar-refractivity contribution in [2.45, 2.75) is 0 Å². The lowest BCUT2D eigenvalue weighted by atomic mass is 10.1. The predicted octanol–water partition coefficient (Wildman–Crippen LogP) is 3.89. The lowest BCUT2D eigenvalue weighted by molar-refractivity contribution is -0.384. The number of hydrogen-bond acceptors (Lipinski definition) is 4. The molecule has 0 aliphatic carbocycles. The molecule has 0 radical (unpaired) electrons. The first-order valence-electron chi connectivity index (χ1n) is 5.59. The molecule has 2 aromatic rings. The van der Waals surface area contributed by atoms with Crippen LogP contribution in [0, 0.1) is 21.4 Å². The zero-order valence-electron chi connectivity index (χ0n) is 10.2. The Morgan fingerprint density at radius 3 is 2.50 bits per heavy atom. The molecular weight excluding hydrogens is 278 g/mol. The normalized spacial score (nSPS) is 10.9. The first kappa shape index (κ1) is 13.7. The van der Waals surface area contributed by atoms with Crippen LogP contribution in [0.15, 0.2) is 53.5 Å². The van der Waals surface area contributed by atoms with E-state index >= 15 is 0 Å². The van der Waals surface area contributed by atoms with Crippen LogP contribution in [0.4, 0.5) is 11.4 Å². The lowest BCUT2D eigenvalue weighted by Crippen LogP contribution is -1.97. The number of non-ortho nitro benzene ring substituents is 1. The third-order valence-corrected chi connectivity index (χ3v) is 2.74. The van der Waals surface area contributed by atoms with E-state index in [1.165, 1.54) is 24.3 Å². The second-order valence-electron chi connectivity index (χ2n) is 3.86. The molecule has 0 aromatic heterocycles. The summed E-state index contributed by atoms with van der Waals surface area (Å²) in [6, 6.07) is 14.4. The van der Waals surface area contributed by atoms with Crippen molar-refractivity contribution >= 4 is 28.7 Å². The Labute approximate surface area is 119 Å². The van der Waals surface area contributed by atoms with Gasteiger partial charge in [-0.25, -0.2) is 4.99 Å². The fraction of sp³-hybridized carbons (Fsp3) is 0. The average molecular weight is 286 g/mol. The minimum Gasteiger partial charge on any atom is -0.258 e. The maximum absolute atomic E-state index is 10.6. The van der Waals surface area contributed by atoms with Gasteiger partial charge in [0.15, 0.2) is 0 Å². The highest BCUT2D eigenvalue weighted by Crippen LogP contribution is 2.20. The van der Waals surface area contributed by atoms with Crippen LogP contribution in [0.2, 0.25) is 5.02 Å². The Morgan fingerprint density at radius 1 is 1.25 bits per heavy atom. The molecule has 0 spiro atoms. The van der Waals surface area contributed by atoms with Gasteiger partial charge in [-0.15, -0.1) is 0 Å². The number of nitriles is 1. The highest BCUT2D eigenvalue weighted by Gasteiger charge is 2.08. The van der Waals surface area contributed by atoms with E-state index in [0.29, 0.717) is 16.3 Å². The summed E-state index contributed by atoms with van der Waals surface area (Å²) in [6.45, 7) is 0. The summed E-state index contributed by atoms with van der Waals surface area (Å²) in [5.74, 6) is 0. The van der Waals surface area contributed by atoms with Gasteiger partial charge in [0.1, 0.15) is 11.8 Å². The standard InChI is InChI=1S/C14H8ClN3O2/c15-11-2-1-3-12(8-11)17-14(9-16)10-4-6-13(7-5-10)18(19)20/h1-8H. The topological polar surface area (TPSA) is 79.3 Å². The predicted molar refractivity (Wildman–Crippen MR) is 76.4 cm³/mol. The molecule has 6 heteroatoms. The monoisotopic (exact) mass is 285 g/mol. The number of hydrogen-bond donors (Lipinski definition) is 0. The van der Waals surface area contributed by atoms with Gasteiger partial charge in [0.25, 0.3) is 5.69 Å². The van der Waals surface area contributed by atoms with Crippen LogP contribution in [0.25, 0.3) is 0 Å². The molecule has 2 aromatic carbocycles. The average Bonchev–Trinajstić information content (AvgIpc) is 2.45. The molecule has 2 rings (SSSR count). The molecule has 0 saturated heterocycles. The largest absolute Gasteiger partial charge is 0.269 e. The first-order valence-corrected chi connectivity index (χ1v) is 5.97. The summed E-state index contributed by atoms with van der Waals surface area (Å²) in [5.41, 5.74) is 1.20. The number of nitro benzene ring substituents is 1. The maximum atomic E-state index is 10.6. The molecule has 0 aliphatic heterocycles. The summed E-state index contributed by atoms with van der Waals surface area (Å²) in [5, 5.41) is 20.2. The van der Waals surface area contributed by atoms with Crippen LogP contribution in [0.1, 0.15) is 5.56 Å². The molecule has 0 unspecified atom stereocenters. The van der Waals surface area contributed by atoms with Gasteiger partial charge < -0.3 is 0 Å². The quantitative estimate of drug-likeness (QED) is 0.487. The lowest BCUT2D eigenvalue weighted by Gasteiger charge is -1.99. The zero-order valence-corrected chi connectivity index (χ0v) is 10.9. The zero-order chi connectivity index (χ0) is 14.5. The van der Waals surface area contributed by atoms with Crippen molar-refractivity contribution in [2.75, 3.05) is 0 Å². The molecule has 0 saturated carbocycles. The Hall–Kier alpha value is -2.71. The second kappa shape index (κ2) is 5.95. The molecule has 0 atom stereocenters. The van der Waals surface area contributed by atoms with E-state index in [9.17, 15) is 10.1 Å². The Bertz CT molecular complexity index is 718. The fourth-order valence-electron chi connectivity index (χ4n) is 1.57. The molecule has 0 amide bonds. The first-order chi connectivity index (χ1) is 9.60. The van der Waals surface area contributed by atoms with Gasteiger partial charge in [0.05, 0.1) is 10.6 Å². The van der Waals surface area contributed by atoms with Gasteiger partial charge in [-0.1, -0.05) is 17.7 Å². The minimum absolute atomic E-state index is 0.0335. The molecule has 0 aliphatic rings. The summed E-state index contributed by atoms with van der Waals surface area (Å²) in [6.07, 6.45) is 0. The van der Waals surface area contributed by atoms with Gasteiger partial charge in [0, 0.05) is 22.7 Å². The van der Waals surface area contributed by atoms with Crippen LogP contribution in [-0.4, -0.2) is 10.6 Å². The molecule has 0 fully saturated rings. The number of aliphatic imine (C=N–C) groups is 1. The molecular formula is C14H8ClN3O2. The number of nitro groups is 1. The van der Waals surface area contributed by atoms with Gasteiger partial charge in [0.2, 0.25) is 0 Å². The van der Waals surface area contributed by atoms with E-state index in [1.54, 1.807) is 24.3 Å². The second-order valence-corrected chi connectivity index (χ2v) is 4.29. The van der Waals surface area contributed by atoms with E-state index in [2.05, 4.69) is 4.99 Å². The summed E-state index contributed by atoms with van der Waals surface area (Å²) >= 11 is 5.85. The SMILES string of the molecule is N#CC(=Nc1cccc(Cl)c1)c1ccc([N+](=O)[O-])cc1. The van der Waals surface area contributed by atoms with Gasteiger partial charge in [-0.2, -0.15) is 5.26 Å². The summed E-state index contributed by atoms with van der Waals surface area (Å²) in [7, 11) is 0. The minimum atomic E-state index is -0.496. The third kappa shape index (κ3) is 3.19. The molecule has 0 heterocycles. The number of rotatable bonds is 3. The summed E-state index contributed by atoms with van der Waals surface area (Å²) in [4.78, 5) is 14.3. The number of nitrogens with zero attached hydrogens (tertiary/aromatic N) is 3. The molecule has 20 heavy (non-hydrogen) atoms. The maximum Gasteiger partial charge on any atom is 0.269 e. The van der Waals surface area contributed by atoms with E-state index in [4.69, 9.17) is 16.9 Å². The van der Waals surface area contributed by atoms with Crippen molar-refractivity contribution in [3.63, 3.8) is 0 Å². The van der Waals surface area contributed by atoms with Gasteiger partial charge >= 0.3 is 0 Å². The molecule has 5 nitrogen and oxygen atoms in total. The van der Waals surface area contributed by atoms with Crippen molar-refractivity contribution in [1.82, 2.24) is 0 Å². The Balaban J connectivity index is 2.37. The van der Waals surface area contributed by atoms with Crippen molar-refractivity contribution in [2.24, 2.45) is 4.99 Å². The Morgan fingerprint density at radius 2 is 1.95 bits per heavy atom. The number of benzene rings is 2. The van der Waals surface area contributed by atoms with E-state index in [-0.39, 0.29) is 11.4 Å². The molecule has 98 valence electrons. The van der Waals surface area contributed by atoms with Crippen LogP contribution in [0.5, 0.6) is 0 Å². The van der Waals surface area contributed by atoms with Crippen LogP contribution < -0.4 is 0 Å². The molecule has 0 bridgehead atoms. The molecule has 0 N–H and O–H groups in total. The van der Waals surface area contributed by atoms with Crippen molar-refractivity contribution < 1.29 is 4.92 Å². The van der Waals surface area contributed by atoms with Gasteiger partial charge in [-0.3, -0.25) is 10.1 Å². The third-order valence-electron chi connectivity index (χ3n) is 2.51. The van der Waals surface area contributed by atoms with Crippen LogP contribution in [-0.2, 0) is 0 Å². The van der Waals surface area contributed by atoms with E-state index in [1.807, 2.05) is 6.07 Å². The van der Waals surface area contributed by atoms with E-state index < -0.39 is 4.92 Å². The van der Waals surface area contributed by atoms with Crippen LogP contribution >= 0.6 is 11.6 Å². The summed E-state index contributed by atoms with van der Waals surface area (Å²) < 4.78 is 0. The highest BCUT2D eigenvalue weighted by atomic mass is 35.5. The van der Waals surface area contributed by atoms with Crippen molar-refractivity contribution in [1.29, 1.82) is 5.26 Å². The Kier molecular flexibility index (Phi) is 4.08. The van der Waals surface area contributed by atoms with Gasteiger partial charge in [-0.05, 0) is 30.3 Å². The van der Waals surface area contributed by atoms with E-state index in [0.717, 1.165) is 0 Å².